The molecule has 4 heterocycles. The van der Waals surface area contributed by atoms with Gasteiger partial charge in [-0.2, -0.15) is 0 Å². The van der Waals surface area contributed by atoms with Gasteiger partial charge in [-0.25, -0.2) is 0 Å². The van der Waals surface area contributed by atoms with E-state index >= 15 is 0 Å². The molecule has 13 nitrogen and oxygen atoms in total. The molecule has 8 rings (SSSR count). The molecule has 0 aromatic carbocycles. The van der Waals surface area contributed by atoms with Crippen LogP contribution in [-0.2, 0) is 33.2 Å². The molecule has 13 heteroatoms. The number of nitrogens with one attached hydrogen (secondary N) is 1. The maximum Gasteiger partial charge on any atom is 0.217 e. The Balaban J connectivity index is 0.926. The van der Waals surface area contributed by atoms with Gasteiger partial charge in [0.25, 0.3) is 0 Å². The molecule has 0 bridgehead atoms. The topological polar surface area (TPSA) is 186 Å². The molecule has 0 aromatic heterocycles. The maximum atomic E-state index is 12.4. The molecule has 0 radical (unpaired) electrons. The Bertz CT molecular complexity index is 1360. The highest BCUT2D eigenvalue weighted by molar-refractivity contribution is 5.73. The van der Waals surface area contributed by atoms with E-state index in [0.29, 0.717) is 41.4 Å². The van der Waals surface area contributed by atoms with Gasteiger partial charge >= 0.3 is 0 Å². The van der Waals surface area contributed by atoms with Crippen LogP contribution in [0.5, 0.6) is 0 Å². The molecule has 1 amide bonds. The van der Waals surface area contributed by atoms with Crippen LogP contribution in [0.15, 0.2) is 0 Å². The highest BCUT2D eigenvalue weighted by Gasteiger charge is 2.69. The largest absolute Gasteiger partial charge is 0.394 e. The highest BCUT2D eigenvalue weighted by atomic mass is 16.7. The molecule has 308 valence electrons. The summed E-state index contributed by atoms with van der Waals surface area (Å²) in [6.07, 6.45) is -0.510. The molecule has 4 aliphatic carbocycles. The van der Waals surface area contributed by atoms with E-state index < -0.39 is 79.7 Å². The first kappa shape index (κ1) is 39.8. The summed E-state index contributed by atoms with van der Waals surface area (Å²) < 4.78 is 38.0. The van der Waals surface area contributed by atoms with Gasteiger partial charge in [0.05, 0.1) is 31.5 Å². The number of aliphatic hydroxyl groups is 5. The van der Waals surface area contributed by atoms with Crippen molar-refractivity contribution in [2.75, 3.05) is 13.2 Å². The summed E-state index contributed by atoms with van der Waals surface area (Å²) in [5.41, 5.74) is 0.471. The van der Waals surface area contributed by atoms with Crippen LogP contribution in [0.2, 0.25) is 0 Å². The van der Waals surface area contributed by atoms with Crippen LogP contribution in [0.25, 0.3) is 0 Å². The predicted molar refractivity (Wildman–Crippen MR) is 193 cm³/mol. The van der Waals surface area contributed by atoms with Gasteiger partial charge in [0.1, 0.15) is 42.7 Å². The highest BCUT2D eigenvalue weighted by Crippen LogP contribution is 2.71. The van der Waals surface area contributed by atoms with Crippen molar-refractivity contribution >= 4 is 5.91 Å². The van der Waals surface area contributed by atoms with E-state index in [-0.39, 0.29) is 23.0 Å². The summed E-state index contributed by atoms with van der Waals surface area (Å²) in [6, 6.07) is -1.03. The van der Waals surface area contributed by atoms with Crippen LogP contribution < -0.4 is 5.32 Å². The van der Waals surface area contributed by atoms with Crippen molar-refractivity contribution < 1.29 is 58.7 Å². The van der Waals surface area contributed by atoms with Gasteiger partial charge in [0, 0.05) is 19.3 Å². The van der Waals surface area contributed by atoms with Gasteiger partial charge in [0.2, 0.25) is 5.91 Å². The maximum absolute atomic E-state index is 12.4. The number of fused-ring (bicyclic) bond motifs is 7. The third-order valence-corrected chi connectivity index (χ3v) is 16.5. The lowest BCUT2D eigenvalue weighted by Crippen LogP contribution is -2.67. The molecule has 8 aliphatic rings. The van der Waals surface area contributed by atoms with Crippen molar-refractivity contribution in [3.05, 3.63) is 0 Å². The summed E-state index contributed by atoms with van der Waals surface area (Å²) >= 11 is 0. The van der Waals surface area contributed by atoms with Crippen molar-refractivity contribution in [1.29, 1.82) is 0 Å². The standard InChI is InChI=1S/C41H67NO12/c1-19-9-14-41(49-18-19)20(2)30-28(54-41)16-27-25-8-7-23-15-24(10-12-39(23,5)26(25)11-13-40(27,30)6)51-37-31(42-22(4)44)33(46)36(29(17-43)52-37)53-38-35(48)34(47)32(45)21(3)50-38/h19-21,23-38,43,45-48H,7-18H2,1-6H3,(H,42,44)/t19-,20+,21+,23+,24+,25-,26+,27+,28+,29-,30+,31-,32+,33-,34-,35-,36-,37-,38+,39+,40+,41-/m1/s1. The van der Waals surface area contributed by atoms with Crippen LogP contribution in [0.3, 0.4) is 0 Å². The van der Waals surface area contributed by atoms with E-state index in [9.17, 15) is 30.3 Å². The fourth-order valence-corrected chi connectivity index (χ4v) is 13.6. The lowest BCUT2D eigenvalue weighted by atomic mass is 9.44. The third kappa shape index (κ3) is 6.42. The van der Waals surface area contributed by atoms with E-state index in [4.69, 9.17) is 28.4 Å². The second-order valence-corrected chi connectivity index (χ2v) is 19.4. The van der Waals surface area contributed by atoms with E-state index in [2.05, 4.69) is 33.0 Å². The number of aliphatic hydroxyl groups excluding tert-OH is 5. The Morgan fingerprint density at radius 1 is 0.815 bits per heavy atom. The quantitative estimate of drug-likeness (QED) is 0.218. The molecule has 1 spiro atoms. The number of carbonyl (C=O) groups excluding carboxylic acids is 1. The van der Waals surface area contributed by atoms with Gasteiger partial charge < -0.3 is 59.3 Å². The molecule has 0 aromatic rings. The molecule has 54 heavy (non-hydrogen) atoms. The number of rotatable bonds is 6. The monoisotopic (exact) mass is 765 g/mol. The molecule has 22 atom stereocenters. The fraction of sp³-hybridized carbons (Fsp3) is 0.976. The molecule has 4 saturated carbocycles. The van der Waals surface area contributed by atoms with Crippen LogP contribution in [-0.4, -0.2) is 124 Å². The van der Waals surface area contributed by atoms with Crippen LogP contribution in [0, 0.1) is 52.3 Å². The molecule has 4 saturated heterocycles. The predicted octanol–water partition coefficient (Wildman–Crippen LogP) is 2.61. The average Bonchev–Trinajstić information content (AvgIpc) is 3.58. The number of amides is 1. The van der Waals surface area contributed by atoms with E-state index in [1.54, 1.807) is 0 Å². The first-order valence-corrected chi connectivity index (χ1v) is 21.1. The third-order valence-electron chi connectivity index (χ3n) is 16.5. The summed E-state index contributed by atoms with van der Waals surface area (Å²) in [4.78, 5) is 12.4. The van der Waals surface area contributed by atoms with Crippen molar-refractivity contribution in [1.82, 2.24) is 5.32 Å². The van der Waals surface area contributed by atoms with Gasteiger partial charge in [0.15, 0.2) is 18.4 Å². The zero-order valence-corrected chi connectivity index (χ0v) is 33.0. The van der Waals surface area contributed by atoms with Gasteiger partial charge in [-0.15, -0.1) is 0 Å². The Labute approximate surface area is 320 Å². The van der Waals surface area contributed by atoms with Crippen molar-refractivity contribution in [2.24, 2.45) is 52.3 Å². The van der Waals surface area contributed by atoms with Gasteiger partial charge in [-0.1, -0.05) is 27.7 Å². The zero-order chi connectivity index (χ0) is 38.5. The number of hydrogen-bond donors (Lipinski definition) is 6. The van der Waals surface area contributed by atoms with Gasteiger partial charge in [-0.05, 0) is 111 Å². The lowest BCUT2D eigenvalue weighted by Gasteiger charge is -2.61. The van der Waals surface area contributed by atoms with Crippen molar-refractivity contribution in [3.8, 4) is 0 Å². The Morgan fingerprint density at radius 2 is 1.57 bits per heavy atom. The summed E-state index contributed by atoms with van der Waals surface area (Å²) in [7, 11) is 0. The van der Waals surface area contributed by atoms with E-state index in [1.807, 2.05) is 0 Å². The summed E-state index contributed by atoms with van der Waals surface area (Å²) in [6.45, 7) is 12.9. The molecule has 8 fully saturated rings. The normalized spacial score (nSPS) is 57.1. The average molecular weight is 766 g/mol. The molecular weight excluding hydrogens is 698 g/mol. The van der Waals surface area contributed by atoms with Crippen molar-refractivity contribution in [3.63, 3.8) is 0 Å². The minimum Gasteiger partial charge on any atom is -0.394 e. The Morgan fingerprint density at radius 3 is 2.28 bits per heavy atom. The number of ether oxygens (including phenoxy) is 6. The second-order valence-electron chi connectivity index (χ2n) is 19.4. The first-order chi connectivity index (χ1) is 25.6. The summed E-state index contributed by atoms with van der Waals surface area (Å²) in [5.74, 6) is 3.25. The molecular formula is C41H67NO12. The summed E-state index contributed by atoms with van der Waals surface area (Å²) in [5, 5.41) is 55.8. The molecule has 4 aliphatic heterocycles. The van der Waals surface area contributed by atoms with E-state index in [1.165, 1.54) is 39.5 Å². The second kappa shape index (κ2) is 14.7. The minimum atomic E-state index is -1.61. The SMILES string of the molecule is CC(=O)N[C@H]1[C@H](O[C@H]2CC[C@@]3(C)[C@@H](CC[C@@H]4[C@@H]3CC[C@]3(C)[C@@H]5[C@H](C[C@@H]43)O[C@]3(CC[C@@H](C)CO3)[C@H]5C)C2)O[C@H](CO)[C@@H](O[C@@H]2O[C@@H](C)[C@H](O)[C@@H](O)[C@H]2O)[C@@H]1O. The van der Waals surface area contributed by atoms with Crippen LogP contribution in [0.1, 0.15) is 106 Å². The van der Waals surface area contributed by atoms with Crippen LogP contribution >= 0.6 is 0 Å². The first-order valence-electron chi connectivity index (χ1n) is 21.1. The fourth-order valence-electron chi connectivity index (χ4n) is 13.6. The number of hydrogen-bond acceptors (Lipinski definition) is 12. The van der Waals surface area contributed by atoms with Crippen molar-refractivity contribution in [2.45, 2.75) is 185 Å². The van der Waals surface area contributed by atoms with Gasteiger partial charge in [-0.3, -0.25) is 4.79 Å². The Kier molecular flexibility index (Phi) is 10.8. The number of carbonyl (C=O) groups is 1. The Hall–Kier alpha value is -0.970. The van der Waals surface area contributed by atoms with Crippen LogP contribution in [0.4, 0.5) is 0 Å². The molecule has 0 unspecified atom stereocenters. The smallest absolute Gasteiger partial charge is 0.217 e. The zero-order valence-electron chi connectivity index (χ0n) is 33.0. The van der Waals surface area contributed by atoms with E-state index in [0.717, 1.165) is 45.1 Å². The minimum absolute atomic E-state index is 0.158. The lowest BCUT2D eigenvalue weighted by molar-refractivity contribution is -0.348. The molecule has 6 N–H and O–H groups in total.